The number of aryl methyl sites for hydroxylation is 1. The van der Waals surface area contributed by atoms with Gasteiger partial charge in [0, 0.05) is 6.54 Å². The Kier molecular flexibility index (Phi) is 7.51. The van der Waals surface area contributed by atoms with E-state index in [2.05, 4.69) is 10.3 Å². The second kappa shape index (κ2) is 10.2. The van der Waals surface area contributed by atoms with Crippen LogP contribution in [-0.4, -0.2) is 38.1 Å². The van der Waals surface area contributed by atoms with Gasteiger partial charge in [0.25, 0.3) is 11.8 Å². The van der Waals surface area contributed by atoms with Gasteiger partial charge in [-0.1, -0.05) is 29.9 Å². The van der Waals surface area contributed by atoms with E-state index in [-0.39, 0.29) is 45.3 Å². The number of thiocarbonyl (C=S) groups is 1. The predicted molar refractivity (Wildman–Crippen MR) is 134 cm³/mol. The van der Waals surface area contributed by atoms with Gasteiger partial charge in [0.05, 0.1) is 37.7 Å². The average Bonchev–Trinajstić information content (AvgIpc) is 3.54. The first kappa shape index (κ1) is 29.5. The molecule has 1 saturated carbocycles. The van der Waals surface area contributed by atoms with Crippen molar-refractivity contribution in [2.45, 2.75) is 50.2 Å². The molecule has 1 fully saturated rings. The van der Waals surface area contributed by atoms with Crippen molar-refractivity contribution in [3.05, 3.63) is 63.7 Å². The van der Waals surface area contributed by atoms with E-state index in [1.165, 1.54) is 16.7 Å². The molecular formula is C24H19ClF7N5O2S. The quantitative estimate of drug-likeness (QED) is 0.244. The van der Waals surface area contributed by atoms with E-state index >= 15 is 0 Å². The first-order valence-corrected chi connectivity index (χ1v) is 12.3. The normalized spacial score (nSPS) is 15.5. The third-order valence-corrected chi connectivity index (χ3v) is 7.11. The van der Waals surface area contributed by atoms with Crippen LogP contribution in [0.1, 0.15) is 57.9 Å². The second-order valence-corrected chi connectivity index (χ2v) is 9.93. The topological polar surface area (TPSA) is 102 Å². The fourth-order valence-electron chi connectivity index (χ4n) is 4.15. The summed E-state index contributed by atoms with van der Waals surface area (Å²) in [6.07, 6.45) is -9.46. The number of imidazole rings is 1. The summed E-state index contributed by atoms with van der Waals surface area (Å²) in [6.45, 7) is 1.58. The Morgan fingerprint density at radius 1 is 1.15 bits per heavy atom. The highest BCUT2D eigenvalue weighted by atomic mass is 35.5. The maximum atomic E-state index is 13.9. The van der Waals surface area contributed by atoms with Crippen LogP contribution in [0.15, 0.2) is 30.3 Å². The van der Waals surface area contributed by atoms with Crippen LogP contribution < -0.4 is 16.4 Å². The number of nitrogens with zero attached hydrogens (tertiary/aromatic N) is 2. The number of fused-ring (bicyclic) bond motifs is 1. The van der Waals surface area contributed by atoms with Gasteiger partial charge in [-0.2, -0.15) is 26.3 Å². The average molecular weight is 610 g/mol. The van der Waals surface area contributed by atoms with Crippen molar-refractivity contribution >= 4 is 51.7 Å². The molecule has 1 atom stereocenters. The molecule has 2 amide bonds. The van der Waals surface area contributed by atoms with Crippen LogP contribution in [0.2, 0.25) is 5.02 Å². The summed E-state index contributed by atoms with van der Waals surface area (Å²) in [5.41, 5.74) is 2.06. The van der Waals surface area contributed by atoms with E-state index in [9.17, 15) is 40.3 Å². The molecule has 1 aliphatic rings. The molecule has 1 aromatic heterocycles. The van der Waals surface area contributed by atoms with Crippen LogP contribution in [-0.2, 0) is 12.7 Å². The number of hydrogen-bond acceptors (Lipinski definition) is 4. The smallest absolute Gasteiger partial charge is 0.391 e. The summed E-state index contributed by atoms with van der Waals surface area (Å²) >= 11 is 11.3. The lowest BCUT2D eigenvalue weighted by Gasteiger charge is -2.23. The van der Waals surface area contributed by atoms with Gasteiger partial charge in [-0.3, -0.25) is 9.59 Å². The van der Waals surface area contributed by atoms with Crippen molar-refractivity contribution in [3.8, 4) is 0 Å². The first-order chi connectivity index (χ1) is 18.5. The van der Waals surface area contributed by atoms with Crippen LogP contribution in [0.5, 0.6) is 0 Å². The van der Waals surface area contributed by atoms with Crippen LogP contribution in [0, 0.1) is 5.82 Å². The third-order valence-electron chi connectivity index (χ3n) is 6.41. The summed E-state index contributed by atoms with van der Waals surface area (Å²) in [5, 5.41) is 4.29. The van der Waals surface area contributed by atoms with Gasteiger partial charge >= 0.3 is 12.4 Å². The van der Waals surface area contributed by atoms with Gasteiger partial charge in [-0.25, -0.2) is 9.37 Å². The maximum Gasteiger partial charge on any atom is 0.419 e. The minimum atomic E-state index is -5.27. The number of hydrogen-bond donors (Lipinski definition) is 3. The number of alkyl halides is 6. The second-order valence-electron chi connectivity index (χ2n) is 9.09. The van der Waals surface area contributed by atoms with Gasteiger partial charge in [0.1, 0.15) is 5.82 Å². The van der Waals surface area contributed by atoms with Crippen molar-refractivity contribution in [1.29, 1.82) is 0 Å². The Morgan fingerprint density at radius 2 is 1.80 bits per heavy atom. The molecule has 3 aromatic rings. The largest absolute Gasteiger partial charge is 0.419 e. The molecule has 1 heterocycles. The lowest BCUT2D eigenvalue weighted by atomic mass is 10.0. The van der Waals surface area contributed by atoms with E-state index in [1.807, 2.05) is 0 Å². The zero-order valence-electron chi connectivity index (χ0n) is 20.3. The monoisotopic (exact) mass is 609 g/mol. The third kappa shape index (κ3) is 5.57. The molecule has 0 saturated heterocycles. The number of nitrogens with two attached hydrogens (primary N) is 1. The SMILES string of the molecule is CCn1c(C(=O)NC(c2ccc(F)c(C(F)(F)F)c2)C(F)(F)F)nc2cc(C(=O)NC3(C(N)=S)CC3)c(Cl)cc21. The highest BCUT2D eigenvalue weighted by Gasteiger charge is 2.47. The van der Waals surface area contributed by atoms with Crippen molar-refractivity contribution < 1.29 is 40.3 Å². The number of carbonyl (C=O) groups excluding carboxylic acids is 2. The van der Waals surface area contributed by atoms with Crippen molar-refractivity contribution in [1.82, 2.24) is 20.2 Å². The zero-order valence-corrected chi connectivity index (χ0v) is 21.9. The maximum absolute atomic E-state index is 13.9. The van der Waals surface area contributed by atoms with Gasteiger partial charge in [-0.05, 0) is 49.6 Å². The number of carbonyl (C=O) groups is 2. The molecule has 4 rings (SSSR count). The Labute approximate surface area is 231 Å². The standard InChI is InChI=1S/C24H19ClF7N5O2S/c1-2-37-16-9-13(25)11(19(38)36-22(5-6-22)21(33)40)8-15(16)34-18(37)20(39)35-17(24(30,31)32)10-3-4-14(26)12(7-10)23(27,28)29/h3-4,7-9,17H,2,5-6H2,1H3,(H2,33,40)(H,35,39)(H,36,38). The molecule has 7 nitrogen and oxygen atoms in total. The van der Waals surface area contributed by atoms with Crippen LogP contribution in [0.4, 0.5) is 30.7 Å². The number of benzene rings is 2. The lowest BCUT2D eigenvalue weighted by Crippen LogP contribution is -2.45. The number of aromatic nitrogens is 2. The summed E-state index contributed by atoms with van der Waals surface area (Å²) in [5.74, 6) is -4.32. The zero-order chi connectivity index (χ0) is 29.8. The van der Waals surface area contributed by atoms with E-state index in [1.54, 1.807) is 12.2 Å². The molecule has 214 valence electrons. The van der Waals surface area contributed by atoms with E-state index in [0.29, 0.717) is 18.9 Å². The Bertz CT molecular complexity index is 1530. The fourth-order valence-corrected chi connectivity index (χ4v) is 4.64. The van der Waals surface area contributed by atoms with E-state index in [0.717, 1.165) is 0 Å². The predicted octanol–water partition coefficient (Wildman–Crippen LogP) is 5.45. The summed E-state index contributed by atoms with van der Waals surface area (Å²) in [6, 6.07) is 0.337. The molecular weight excluding hydrogens is 591 g/mol. The molecule has 0 radical (unpaired) electrons. The summed E-state index contributed by atoms with van der Waals surface area (Å²) in [4.78, 5) is 30.0. The van der Waals surface area contributed by atoms with Crippen LogP contribution >= 0.6 is 23.8 Å². The van der Waals surface area contributed by atoms with Gasteiger partial charge in [-0.15, -0.1) is 0 Å². The number of nitrogens with one attached hydrogen (secondary N) is 2. The first-order valence-electron chi connectivity index (χ1n) is 11.5. The van der Waals surface area contributed by atoms with Crippen molar-refractivity contribution in [2.24, 2.45) is 5.73 Å². The van der Waals surface area contributed by atoms with Gasteiger partial charge in [0.15, 0.2) is 11.9 Å². The van der Waals surface area contributed by atoms with Crippen molar-refractivity contribution in [2.75, 3.05) is 0 Å². The van der Waals surface area contributed by atoms with Gasteiger partial charge in [0.2, 0.25) is 0 Å². The molecule has 1 aliphatic carbocycles. The van der Waals surface area contributed by atoms with Gasteiger partial charge < -0.3 is 20.9 Å². The van der Waals surface area contributed by atoms with Crippen molar-refractivity contribution in [3.63, 3.8) is 0 Å². The van der Waals surface area contributed by atoms with Crippen LogP contribution in [0.25, 0.3) is 11.0 Å². The Hall–Kier alpha value is -3.46. The van der Waals surface area contributed by atoms with E-state index in [4.69, 9.17) is 29.6 Å². The number of rotatable bonds is 7. The molecule has 1 unspecified atom stereocenters. The summed E-state index contributed by atoms with van der Waals surface area (Å²) < 4.78 is 95.9. The minimum absolute atomic E-state index is 0.0130. The molecule has 16 heteroatoms. The Morgan fingerprint density at radius 3 is 2.33 bits per heavy atom. The molecule has 4 N–H and O–H groups in total. The lowest BCUT2D eigenvalue weighted by molar-refractivity contribution is -0.156. The number of halogens is 8. The minimum Gasteiger partial charge on any atom is -0.391 e. The highest BCUT2D eigenvalue weighted by molar-refractivity contribution is 7.80. The molecule has 40 heavy (non-hydrogen) atoms. The summed E-state index contributed by atoms with van der Waals surface area (Å²) in [7, 11) is 0. The molecule has 0 bridgehead atoms. The number of amides is 2. The highest BCUT2D eigenvalue weighted by Crippen LogP contribution is 2.38. The van der Waals surface area contributed by atoms with E-state index < -0.39 is 58.5 Å². The molecule has 0 aliphatic heterocycles. The molecule has 0 spiro atoms. The Balaban J connectivity index is 1.70. The fraction of sp³-hybridized carbons (Fsp3) is 0.333. The van der Waals surface area contributed by atoms with Crippen LogP contribution in [0.3, 0.4) is 0 Å². The molecule has 2 aromatic carbocycles.